The Morgan fingerprint density at radius 1 is 1.00 bits per heavy atom. The van der Waals surface area contributed by atoms with Gasteiger partial charge in [-0.25, -0.2) is 0 Å². The van der Waals surface area contributed by atoms with Crippen molar-refractivity contribution in [2.75, 3.05) is 0 Å². The smallest absolute Gasteiger partial charge is 0.197 e. The Kier molecular flexibility index (Phi) is 6.73. The molecule has 0 saturated carbocycles. The predicted octanol–water partition coefficient (Wildman–Crippen LogP) is 6.12. The number of aliphatic hydroxyl groups excluding tert-OH is 2. The molecule has 2 N–H and O–H groups in total. The third-order valence-corrected chi connectivity index (χ3v) is 5.95. The van der Waals surface area contributed by atoms with E-state index in [1.807, 2.05) is 18.6 Å². The monoisotopic (exact) mass is 618 g/mol. The Morgan fingerprint density at radius 3 is 2.33 bits per heavy atom. The first-order chi connectivity index (χ1) is 15.1. The van der Waals surface area contributed by atoms with E-state index in [-0.39, 0.29) is 31.3 Å². The summed E-state index contributed by atoms with van der Waals surface area (Å²) in [6.07, 6.45) is 5.63. The van der Waals surface area contributed by atoms with Gasteiger partial charge in [0.2, 0.25) is 0 Å². The quantitative estimate of drug-likeness (QED) is 0.153. The zero-order valence-electron chi connectivity index (χ0n) is 19.1. The minimum Gasteiger partial charge on any atom is -0.509 e. The molecule has 2 aromatic carbocycles. The van der Waals surface area contributed by atoms with Crippen LogP contribution in [0, 0.1) is 13.0 Å². The number of hydrogen-bond acceptors (Lipinski definition) is 5. The molecule has 0 atom stereocenters. The minimum absolute atomic E-state index is 0. The summed E-state index contributed by atoms with van der Waals surface area (Å²) in [5.41, 5.74) is 6.02. The van der Waals surface area contributed by atoms with Gasteiger partial charge in [-0.15, -0.1) is 12.1 Å². The molecule has 2 aromatic heterocycles. The molecule has 0 unspecified atom stereocenters. The van der Waals surface area contributed by atoms with Crippen molar-refractivity contribution < 1.29 is 35.1 Å². The largest absolute Gasteiger partial charge is 0.509 e. The van der Waals surface area contributed by atoms with E-state index in [4.69, 9.17) is 15.2 Å². The Hall–Kier alpha value is -3.08. The number of allylic oxidation sites excluding steroid dienone is 2. The number of hydrogen-bond donors (Lipinski definition) is 2. The third kappa shape index (κ3) is 4.29. The maximum Gasteiger partial charge on any atom is 0.197 e. The first kappa shape index (κ1) is 24.6. The van der Waals surface area contributed by atoms with Crippen molar-refractivity contribution in [1.29, 1.82) is 0 Å². The molecule has 0 bridgehead atoms. The van der Waals surface area contributed by atoms with E-state index in [1.165, 1.54) is 46.7 Å². The van der Waals surface area contributed by atoms with Gasteiger partial charge in [-0.3, -0.25) is 9.78 Å². The van der Waals surface area contributed by atoms with E-state index in [1.54, 1.807) is 0 Å². The molecule has 0 fully saturated rings. The zero-order valence-corrected chi connectivity index (χ0v) is 21.5. The fraction of sp³-hybridized carbons (Fsp3) is 0.222. The van der Waals surface area contributed by atoms with Crippen molar-refractivity contribution in [1.82, 2.24) is 9.97 Å². The van der Waals surface area contributed by atoms with E-state index < -0.39 is 11.5 Å². The number of ketones is 1. The maximum absolute atomic E-state index is 10.1. The van der Waals surface area contributed by atoms with E-state index in [9.17, 15) is 4.79 Å². The van der Waals surface area contributed by atoms with Gasteiger partial charge < -0.3 is 15.2 Å². The molecule has 33 heavy (non-hydrogen) atoms. The maximum atomic E-state index is 10.1. The normalized spacial score (nSPS) is 13.8. The molecule has 0 aliphatic heterocycles. The number of carbonyl (C=O) groups excluding carboxylic acids is 1. The summed E-state index contributed by atoms with van der Waals surface area (Å²) in [7, 11) is 0. The number of benzene rings is 2. The molecule has 1 aliphatic carbocycles. The minimum atomic E-state index is -0.565. The van der Waals surface area contributed by atoms with Gasteiger partial charge in [0.25, 0.3) is 0 Å². The van der Waals surface area contributed by atoms with Gasteiger partial charge in [-0.2, -0.15) is 0 Å². The summed E-state index contributed by atoms with van der Waals surface area (Å²) >= 11 is 0. The summed E-state index contributed by atoms with van der Waals surface area (Å²) < 4.78 is 0. The van der Waals surface area contributed by atoms with Gasteiger partial charge in [0.15, 0.2) is 11.5 Å². The second-order valence-electron chi connectivity index (χ2n) is 8.71. The van der Waals surface area contributed by atoms with Crippen LogP contribution in [0.2, 0.25) is 0 Å². The number of aryl methyl sites for hydroxylation is 1. The van der Waals surface area contributed by atoms with Gasteiger partial charge in [0, 0.05) is 45.1 Å². The van der Waals surface area contributed by atoms with E-state index in [2.05, 4.69) is 62.2 Å². The molecule has 1 aliphatic rings. The number of fused-ring (bicyclic) bond motifs is 3. The molecule has 2 heterocycles. The van der Waals surface area contributed by atoms with Crippen molar-refractivity contribution in [3.63, 3.8) is 0 Å². The molecule has 0 saturated heterocycles. The molecule has 0 amide bonds. The SMILES string of the molecule is CC(=O)/C(O)=C(/C)O.Cc1cc2c3c(nccc3c1)-c1[c-]c3cnccc3cc1C2(C)C.[Ir]. The van der Waals surface area contributed by atoms with Gasteiger partial charge in [-0.05, 0) is 47.9 Å². The average Bonchev–Trinajstić information content (AvgIpc) is 2.76. The van der Waals surface area contributed by atoms with Gasteiger partial charge in [0.1, 0.15) is 5.76 Å². The van der Waals surface area contributed by atoms with E-state index in [0.717, 1.165) is 16.6 Å². The summed E-state index contributed by atoms with van der Waals surface area (Å²) in [6, 6.07) is 14.6. The van der Waals surface area contributed by atoms with Crippen LogP contribution >= 0.6 is 0 Å². The number of aliphatic hydroxyl groups is 2. The average molecular weight is 618 g/mol. The molecule has 171 valence electrons. The summed E-state index contributed by atoms with van der Waals surface area (Å²) in [5, 5.41) is 21.6. The molecular formula is C27H25IrN2O3-. The first-order valence-corrected chi connectivity index (χ1v) is 10.4. The van der Waals surface area contributed by atoms with Crippen LogP contribution in [-0.2, 0) is 30.3 Å². The number of nitrogens with zero attached hydrogens (tertiary/aromatic N) is 2. The molecule has 6 heteroatoms. The Labute approximate surface area is 206 Å². The molecule has 0 spiro atoms. The number of rotatable bonds is 1. The summed E-state index contributed by atoms with van der Waals surface area (Å²) in [6.45, 7) is 9.19. The number of Topliss-reactive ketones (excluding diaryl/α,β-unsaturated/α-hetero) is 1. The van der Waals surface area contributed by atoms with Crippen LogP contribution in [0.4, 0.5) is 0 Å². The zero-order chi connectivity index (χ0) is 23.2. The van der Waals surface area contributed by atoms with Crippen LogP contribution in [0.1, 0.15) is 44.4 Å². The van der Waals surface area contributed by atoms with Gasteiger partial charge in [-0.1, -0.05) is 59.5 Å². The van der Waals surface area contributed by atoms with Crippen LogP contribution in [0.3, 0.4) is 0 Å². The first-order valence-electron chi connectivity index (χ1n) is 10.4. The van der Waals surface area contributed by atoms with Crippen LogP contribution in [-0.4, -0.2) is 26.0 Å². The van der Waals surface area contributed by atoms with Crippen molar-refractivity contribution in [3.05, 3.63) is 83.2 Å². The number of carbonyl (C=O) groups is 1. The fourth-order valence-corrected chi connectivity index (χ4v) is 4.29. The van der Waals surface area contributed by atoms with Crippen LogP contribution < -0.4 is 0 Å². The second kappa shape index (κ2) is 9.05. The van der Waals surface area contributed by atoms with Crippen molar-refractivity contribution in [2.24, 2.45) is 0 Å². The molecule has 4 aromatic rings. The summed E-state index contributed by atoms with van der Waals surface area (Å²) in [5.74, 6) is -1.42. The van der Waals surface area contributed by atoms with Gasteiger partial charge >= 0.3 is 0 Å². The van der Waals surface area contributed by atoms with Crippen LogP contribution in [0.5, 0.6) is 0 Å². The Balaban J connectivity index is 0.000000297. The van der Waals surface area contributed by atoms with Crippen molar-refractivity contribution >= 4 is 27.3 Å². The second-order valence-corrected chi connectivity index (χ2v) is 8.71. The molecule has 1 radical (unpaired) electrons. The summed E-state index contributed by atoms with van der Waals surface area (Å²) in [4.78, 5) is 19.1. The topological polar surface area (TPSA) is 83.3 Å². The van der Waals surface area contributed by atoms with E-state index >= 15 is 0 Å². The number of aromatic nitrogens is 2. The van der Waals surface area contributed by atoms with Crippen LogP contribution in [0.25, 0.3) is 32.8 Å². The number of pyridine rings is 2. The molecule has 5 nitrogen and oxygen atoms in total. The Morgan fingerprint density at radius 2 is 1.70 bits per heavy atom. The predicted molar refractivity (Wildman–Crippen MR) is 127 cm³/mol. The molecule has 5 rings (SSSR count). The van der Waals surface area contributed by atoms with Crippen molar-refractivity contribution in [2.45, 2.75) is 40.0 Å². The Bertz CT molecular complexity index is 1420. The third-order valence-electron chi connectivity index (χ3n) is 5.95. The standard InChI is InChI=1S/C22H17N2.C5H8O3.Ir/c1-13-8-15-5-7-24-21-17-10-16-12-23-6-4-14(16)11-18(17)22(2,3)19(9-13)20(15)21;1-3(6)5(8)4(2)7;/h4-9,11-12H,1-3H3;6,8H,1-2H3;/q-1;;/b;5-3+;. The fourth-order valence-electron chi connectivity index (χ4n) is 4.29. The van der Waals surface area contributed by atoms with Gasteiger partial charge in [0.05, 0.1) is 0 Å². The van der Waals surface area contributed by atoms with Crippen molar-refractivity contribution in [3.8, 4) is 11.3 Å². The molecular weight excluding hydrogens is 593 g/mol. The van der Waals surface area contributed by atoms with Crippen LogP contribution in [0.15, 0.2) is 60.4 Å². The van der Waals surface area contributed by atoms with E-state index in [0.29, 0.717) is 0 Å².